The van der Waals surface area contributed by atoms with Gasteiger partial charge in [-0.25, -0.2) is 4.98 Å². The van der Waals surface area contributed by atoms with Crippen molar-refractivity contribution in [1.82, 2.24) is 10.3 Å². The van der Waals surface area contributed by atoms with Gasteiger partial charge in [-0.1, -0.05) is 30.3 Å². The van der Waals surface area contributed by atoms with Crippen molar-refractivity contribution in [3.63, 3.8) is 0 Å². The Hall–Kier alpha value is -3.64. The smallest absolute Gasteiger partial charge is 0.271 e. The van der Waals surface area contributed by atoms with Crippen molar-refractivity contribution in [2.45, 2.75) is 6.54 Å². The van der Waals surface area contributed by atoms with Crippen LogP contribution in [0.1, 0.15) is 16.1 Å². The summed E-state index contributed by atoms with van der Waals surface area (Å²) < 4.78 is 11.0. The topological polar surface area (TPSA) is 60.5 Å². The summed E-state index contributed by atoms with van der Waals surface area (Å²) >= 11 is 1.44. The predicted molar refractivity (Wildman–Crippen MR) is 118 cm³/mol. The normalized spacial score (nSPS) is 10.4. The van der Waals surface area contributed by atoms with E-state index in [1.54, 1.807) is 12.5 Å². The van der Waals surface area contributed by atoms with E-state index in [-0.39, 0.29) is 5.91 Å². The number of aromatic nitrogens is 1. The first-order chi connectivity index (χ1) is 14.7. The van der Waals surface area contributed by atoms with E-state index in [4.69, 9.17) is 9.47 Å². The Kier molecular flexibility index (Phi) is 6.06. The van der Waals surface area contributed by atoms with E-state index >= 15 is 0 Å². The third-order valence-electron chi connectivity index (χ3n) is 4.40. The zero-order valence-electron chi connectivity index (χ0n) is 16.4. The number of amides is 1. The number of carbonyl (C=O) groups excluding carboxylic acids is 1. The molecular weight excluding hydrogens is 396 g/mol. The number of methoxy groups -OCH3 is 1. The fraction of sp³-hybridized carbons (Fsp3) is 0.0833. The number of hydrogen-bond acceptors (Lipinski definition) is 5. The molecule has 150 valence electrons. The van der Waals surface area contributed by atoms with Crippen LogP contribution in [-0.2, 0) is 6.54 Å². The summed E-state index contributed by atoms with van der Waals surface area (Å²) in [6, 6.07) is 24.9. The molecule has 6 heteroatoms. The number of hydrogen-bond donors (Lipinski definition) is 1. The first kappa shape index (κ1) is 19.7. The highest BCUT2D eigenvalue weighted by molar-refractivity contribution is 7.13. The van der Waals surface area contributed by atoms with Gasteiger partial charge in [-0.2, -0.15) is 0 Å². The van der Waals surface area contributed by atoms with E-state index < -0.39 is 0 Å². The summed E-state index contributed by atoms with van der Waals surface area (Å²) in [5, 5.41) is 5.48. The first-order valence-corrected chi connectivity index (χ1v) is 10.3. The number of para-hydroxylation sites is 1. The lowest BCUT2D eigenvalue weighted by atomic mass is 10.2. The minimum atomic E-state index is -0.208. The molecule has 1 heterocycles. The predicted octanol–water partition coefficient (Wildman–Crippen LogP) is 5.54. The van der Waals surface area contributed by atoms with Crippen LogP contribution in [0.25, 0.3) is 10.6 Å². The fourth-order valence-electron chi connectivity index (χ4n) is 2.86. The molecule has 0 aliphatic rings. The van der Waals surface area contributed by atoms with Gasteiger partial charge in [0, 0.05) is 17.5 Å². The monoisotopic (exact) mass is 416 g/mol. The summed E-state index contributed by atoms with van der Waals surface area (Å²) in [5.74, 6) is 2.07. The number of nitrogens with zero attached hydrogens (tertiary/aromatic N) is 1. The largest absolute Gasteiger partial charge is 0.497 e. The molecule has 5 nitrogen and oxygen atoms in total. The Morgan fingerprint density at radius 2 is 1.70 bits per heavy atom. The van der Waals surface area contributed by atoms with E-state index in [1.807, 2.05) is 78.9 Å². The van der Waals surface area contributed by atoms with Gasteiger partial charge in [-0.15, -0.1) is 11.3 Å². The zero-order chi connectivity index (χ0) is 20.8. The van der Waals surface area contributed by atoms with Crippen molar-refractivity contribution in [1.29, 1.82) is 0 Å². The second-order valence-corrected chi connectivity index (χ2v) is 7.37. The first-order valence-electron chi connectivity index (χ1n) is 9.41. The number of carbonyl (C=O) groups is 1. The standard InChI is InChI=1S/C24H20N2O3S/c1-28-19-12-10-18(11-13-19)24-26-22(16-30-24)23(27)25-15-17-6-5-9-21(14-17)29-20-7-3-2-4-8-20/h2-14,16H,15H2,1H3,(H,25,27). The van der Waals surface area contributed by atoms with Crippen molar-refractivity contribution in [2.75, 3.05) is 7.11 Å². The number of nitrogens with one attached hydrogen (secondary N) is 1. The lowest BCUT2D eigenvalue weighted by Crippen LogP contribution is -2.23. The Morgan fingerprint density at radius 3 is 2.47 bits per heavy atom. The molecule has 0 atom stereocenters. The van der Waals surface area contributed by atoms with Crippen LogP contribution < -0.4 is 14.8 Å². The van der Waals surface area contributed by atoms with E-state index in [1.165, 1.54) is 11.3 Å². The molecule has 0 saturated heterocycles. The van der Waals surface area contributed by atoms with Gasteiger partial charge in [-0.3, -0.25) is 4.79 Å². The van der Waals surface area contributed by atoms with Crippen LogP contribution in [0.4, 0.5) is 0 Å². The maximum atomic E-state index is 12.5. The second kappa shape index (κ2) is 9.24. The average Bonchev–Trinajstić information content (AvgIpc) is 3.29. The van der Waals surface area contributed by atoms with Crippen LogP contribution in [0.2, 0.25) is 0 Å². The molecule has 3 aromatic carbocycles. The van der Waals surface area contributed by atoms with Gasteiger partial charge in [0.15, 0.2) is 0 Å². The summed E-state index contributed by atoms with van der Waals surface area (Å²) in [7, 11) is 1.63. The van der Waals surface area contributed by atoms with E-state index in [0.717, 1.165) is 33.4 Å². The third-order valence-corrected chi connectivity index (χ3v) is 5.30. The molecule has 0 unspecified atom stereocenters. The Bertz CT molecular complexity index is 1120. The quantitative estimate of drug-likeness (QED) is 0.430. The van der Waals surface area contributed by atoms with Crippen molar-refractivity contribution in [3.8, 4) is 27.8 Å². The van der Waals surface area contributed by atoms with Crippen molar-refractivity contribution in [3.05, 3.63) is 95.5 Å². The number of rotatable bonds is 7. The van der Waals surface area contributed by atoms with Crippen molar-refractivity contribution >= 4 is 17.2 Å². The van der Waals surface area contributed by atoms with Gasteiger partial charge in [-0.05, 0) is 54.1 Å². The van der Waals surface area contributed by atoms with Crippen molar-refractivity contribution < 1.29 is 14.3 Å². The third kappa shape index (κ3) is 4.85. The van der Waals surface area contributed by atoms with E-state index in [2.05, 4.69) is 10.3 Å². The van der Waals surface area contributed by atoms with Crippen LogP contribution in [0.5, 0.6) is 17.2 Å². The van der Waals surface area contributed by atoms with Gasteiger partial charge >= 0.3 is 0 Å². The molecule has 0 fully saturated rings. The molecule has 0 spiro atoms. The second-order valence-electron chi connectivity index (χ2n) is 6.51. The highest BCUT2D eigenvalue weighted by atomic mass is 32.1. The summed E-state index contributed by atoms with van der Waals surface area (Å²) in [4.78, 5) is 17.0. The van der Waals surface area contributed by atoms with Crippen LogP contribution in [0, 0.1) is 0 Å². The van der Waals surface area contributed by atoms with Crippen molar-refractivity contribution in [2.24, 2.45) is 0 Å². The van der Waals surface area contributed by atoms with Gasteiger partial charge in [0.2, 0.25) is 0 Å². The highest BCUT2D eigenvalue weighted by Gasteiger charge is 2.12. The molecule has 0 radical (unpaired) electrons. The Balaban J connectivity index is 1.38. The lowest BCUT2D eigenvalue weighted by Gasteiger charge is -2.08. The molecule has 4 rings (SSSR count). The average molecular weight is 417 g/mol. The van der Waals surface area contributed by atoms with Gasteiger partial charge in [0.25, 0.3) is 5.91 Å². The fourth-order valence-corrected chi connectivity index (χ4v) is 3.67. The molecule has 4 aromatic rings. The SMILES string of the molecule is COc1ccc(-c2nc(C(=O)NCc3cccc(Oc4ccccc4)c3)cs2)cc1. The summed E-state index contributed by atoms with van der Waals surface area (Å²) in [6.45, 7) is 0.389. The minimum Gasteiger partial charge on any atom is -0.497 e. The minimum absolute atomic E-state index is 0.208. The Morgan fingerprint density at radius 1 is 0.933 bits per heavy atom. The maximum absolute atomic E-state index is 12.5. The molecule has 0 bridgehead atoms. The van der Waals surface area contributed by atoms with Crippen LogP contribution in [-0.4, -0.2) is 18.0 Å². The molecule has 0 aliphatic heterocycles. The number of ether oxygens (including phenoxy) is 2. The zero-order valence-corrected chi connectivity index (χ0v) is 17.2. The van der Waals surface area contributed by atoms with Gasteiger partial charge in [0.1, 0.15) is 28.0 Å². The summed E-state index contributed by atoms with van der Waals surface area (Å²) in [5.41, 5.74) is 2.30. The molecule has 1 aromatic heterocycles. The van der Waals surface area contributed by atoms with Crippen LogP contribution in [0.15, 0.2) is 84.2 Å². The molecule has 30 heavy (non-hydrogen) atoms. The number of benzene rings is 3. The highest BCUT2D eigenvalue weighted by Crippen LogP contribution is 2.26. The lowest BCUT2D eigenvalue weighted by molar-refractivity contribution is 0.0946. The van der Waals surface area contributed by atoms with Gasteiger partial charge in [0.05, 0.1) is 7.11 Å². The van der Waals surface area contributed by atoms with Gasteiger partial charge < -0.3 is 14.8 Å². The summed E-state index contributed by atoms with van der Waals surface area (Å²) in [6.07, 6.45) is 0. The van der Waals surface area contributed by atoms with Crippen LogP contribution in [0.3, 0.4) is 0 Å². The molecule has 1 amide bonds. The maximum Gasteiger partial charge on any atom is 0.271 e. The van der Waals surface area contributed by atoms with E-state index in [9.17, 15) is 4.79 Å². The Labute approximate surface area is 178 Å². The van der Waals surface area contributed by atoms with Crippen LogP contribution >= 0.6 is 11.3 Å². The number of thiazole rings is 1. The molecule has 1 N–H and O–H groups in total. The molecule has 0 aliphatic carbocycles. The molecule has 0 saturated carbocycles. The van der Waals surface area contributed by atoms with E-state index in [0.29, 0.717) is 12.2 Å². The molecular formula is C24H20N2O3S.